The molecule has 168 valence electrons. The molecule has 2 heterocycles. The largest absolute Gasteiger partial charge is 0.277 e. The smallest absolute Gasteiger partial charge is 0.272 e. The van der Waals surface area contributed by atoms with Crippen LogP contribution in [0.5, 0.6) is 0 Å². The molecule has 0 spiro atoms. The minimum absolute atomic E-state index is 0.224. The van der Waals surface area contributed by atoms with Crippen molar-refractivity contribution >= 4 is 17.6 Å². The van der Waals surface area contributed by atoms with Crippen LogP contribution >= 0.6 is 0 Å². The van der Waals surface area contributed by atoms with Gasteiger partial charge in [0.25, 0.3) is 17.2 Å². The van der Waals surface area contributed by atoms with Gasteiger partial charge in [0.2, 0.25) is 5.95 Å². The predicted molar refractivity (Wildman–Crippen MR) is 131 cm³/mol. The number of rotatable bonds is 6. The number of aromatic amines is 1. The van der Waals surface area contributed by atoms with Crippen molar-refractivity contribution in [2.75, 3.05) is 4.90 Å². The highest BCUT2D eigenvalue weighted by molar-refractivity contribution is 6.05. The van der Waals surface area contributed by atoms with Gasteiger partial charge < -0.3 is 0 Å². The third-order valence-electron chi connectivity index (χ3n) is 5.71. The number of carbonyl (C=O) groups is 1. The molecule has 5 rings (SSSR count). The summed E-state index contributed by atoms with van der Waals surface area (Å²) in [5, 5.41) is 3.02. The molecular weight excluding hydrogens is 426 g/mol. The van der Waals surface area contributed by atoms with Gasteiger partial charge >= 0.3 is 0 Å². The van der Waals surface area contributed by atoms with Crippen molar-refractivity contribution in [2.45, 2.75) is 19.9 Å². The Balaban J connectivity index is 1.58. The Morgan fingerprint density at radius 2 is 1.44 bits per heavy atom. The molecule has 0 unspecified atom stereocenters. The van der Waals surface area contributed by atoms with E-state index in [1.54, 1.807) is 12.1 Å². The molecule has 0 bridgehead atoms. The molecular formula is C27H23N5O2. The first-order valence-electron chi connectivity index (χ1n) is 11.0. The van der Waals surface area contributed by atoms with Crippen molar-refractivity contribution in [2.24, 2.45) is 0 Å². The molecule has 2 aromatic heterocycles. The standard InChI is InChI=1S/C27H23N5O2/c1-19-23(17-20-11-5-2-6-12-20)25(34)32-26(28-19)29-27(30-32)31(18-21-13-7-3-8-14-21)24(33)22-15-9-4-10-16-22/h2-16H,17-18H2,1H3,(H,28,29,30). The molecule has 0 atom stereocenters. The summed E-state index contributed by atoms with van der Waals surface area (Å²) in [6.07, 6.45) is 0.465. The molecule has 7 nitrogen and oxygen atoms in total. The summed E-state index contributed by atoms with van der Waals surface area (Å²) in [4.78, 5) is 37.4. The molecule has 0 fully saturated rings. The molecule has 5 aromatic rings. The minimum Gasteiger partial charge on any atom is -0.272 e. The van der Waals surface area contributed by atoms with Crippen LogP contribution in [0.15, 0.2) is 95.8 Å². The summed E-state index contributed by atoms with van der Waals surface area (Å²) in [7, 11) is 0. The number of anilines is 1. The second kappa shape index (κ2) is 9.15. The number of amides is 1. The van der Waals surface area contributed by atoms with Crippen LogP contribution in [-0.2, 0) is 13.0 Å². The molecule has 0 aliphatic heterocycles. The van der Waals surface area contributed by atoms with Crippen LogP contribution in [0.25, 0.3) is 5.78 Å². The van der Waals surface area contributed by atoms with E-state index >= 15 is 0 Å². The van der Waals surface area contributed by atoms with Crippen molar-refractivity contribution in [3.63, 3.8) is 0 Å². The van der Waals surface area contributed by atoms with Crippen LogP contribution in [0.4, 0.5) is 5.95 Å². The number of nitrogens with one attached hydrogen (secondary N) is 1. The highest BCUT2D eigenvalue weighted by atomic mass is 16.2. The fraction of sp³-hybridized carbons (Fsp3) is 0.111. The van der Waals surface area contributed by atoms with Gasteiger partial charge in [-0.15, -0.1) is 0 Å². The van der Waals surface area contributed by atoms with E-state index in [-0.39, 0.29) is 23.2 Å². The molecule has 1 N–H and O–H groups in total. The van der Waals surface area contributed by atoms with E-state index < -0.39 is 0 Å². The highest BCUT2D eigenvalue weighted by Crippen LogP contribution is 2.18. The Hall–Kier alpha value is -4.52. The molecule has 1 amide bonds. The Kier molecular flexibility index (Phi) is 5.74. The van der Waals surface area contributed by atoms with Gasteiger partial charge in [-0.25, -0.2) is 4.98 Å². The zero-order valence-corrected chi connectivity index (χ0v) is 18.7. The van der Waals surface area contributed by atoms with Gasteiger partial charge in [0.15, 0.2) is 0 Å². The van der Waals surface area contributed by atoms with E-state index in [9.17, 15) is 9.59 Å². The van der Waals surface area contributed by atoms with Crippen molar-refractivity contribution < 1.29 is 4.79 Å². The Labute approximate surface area is 196 Å². The fourth-order valence-corrected chi connectivity index (χ4v) is 3.91. The molecule has 0 radical (unpaired) electrons. The zero-order valence-electron chi connectivity index (χ0n) is 18.7. The molecule has 0 saturated carbocycles. The van der Waals surface area contributed by atoms with Crippen LogP contribution < -0.4 is 10.5 Å². The number of aryl methyl sites for hydroxylation is 1. The lowest BCUT2D eigenvalue weighted by Gasteiger charge is -2.19. The minimum atomic E-state index is -0.225. The number of benzene rings is 3. The lowest BCUT2D eigenvalue weighted by molar-refractivity contribution is 0.0983. The van der Waals surface area contributed by atoms with Crippen LogP contribution in [0, 0.1) is 6.92 Å². The van der Waals surface area contributed by atoms with E-state index in [4.69, 9.17) is 0 Å². The zero-order chi connectivity index (χ0) is 23.5. The summed E-state index contributed by atoms with van der Waals surface area (Å²) < 4.78 is 1.32. The van der Waals surface area contributed by atoms with Crippen molar-refractivity contribution in [3.8, 4) is 0 Å². The molecule has 0 aliphatic carbocycles. The predicted octanol–water partition coefficient (Wildman–Crippen LogP) is 4.16. The second-order valence-corrected chi connectivity index (χ2v) is 8.07. The normalized spacial score (nSPS) is 11.0. The lowest BCUT2D eigenvalue weighted by atomic mass is 10.1. The Morgan fingerprint density at radius 1 is 0.853 bits per heavy atom. The van der Waals surface area contributed by atoms with E-state index in [1.165, 1.54) is 9.42 Å². The number of aromatic nitrogens is 4. The third kappa shape index (κ3) is 4.23. The van der Waals surface area contributed by atoms with Crippen molar-refractivity contribution in [3.05, 3.63) is 129 Å². The van der Waals surface area contributed by atoms with Gasteiger partial charge in [0, 0.05) is 17.5 Å². The topological polar surface area (TPSA) is 83.4 Å². The SMILES string of the molecule is Cc1nc2nc(N(Cc3ccccc3)C(=O)c3ccccc3)[nH]n2c(=O)c1Cc1ccccc1. The summed E-state index contributed by atoms with van der Waals surface area (Å²) in [6.45, 7) is 2.10. The van der Waals surface area contributed by atoms with Gasteiger partial charge in [0.05, 0.1) is 12.2 Å². The summed E-state index contributed by atoms with van der Waals surface area (Å²) in [6, 6.07) is 28.5. The van der Waals surface area contributed by atoms with Crippen molar-refractivity contribution in [1.29, 1.82) is 0 Å². The first-order chi connectivity index (χ1) is 16.6. The van der Waals surface area contributed by atoms with Crippen LogP contribution in [0.2, 0.25) is 0 Å². The number of H-pyrrole nitrogens is 1. The lowest BCUT2D eigenvalue weighted by Crippen LogP contribution is -2.31. The monoisotopic (exact) mass is 449 g/mol. The fourth-order valence-electron chi connectivity index (χ4n) is 3.91. The Bertz CT molecular complexity index is 1490. The summed E-state index contributed by atoms with van der Waals surface area (Å²) >= 11 is 0. The molecule has 7 heteroatoms. The van der Waals surface area contributed by atoms with Gasteiger partial charge in [-0.1, -0.05) is 78.9 Å². The number of hydrogen-bond donors (Lipinski definition) is 1. The third-order valence-corrected chi connectivity index (χ3v) is 5.71. The van der Waals surface area contributed by atoms with E-state index in [2.05, 4.69) is 15.1 Å². The number of carbonyl (C=O) groups excluding carboxylic acids is 1. The maximum atomic E-state index is 13.4. The maximum absolute atomic E-state index is 13.4. The molecule has 0 saturated heterocycles. The van der Waals surface area contributed by atoms with Gasteiger partial charge in [-0.2, -0.15) is 9.50 Å². The first kappa shape index (κ1) is 21.3. The molecule has 3 aromatic carbocycles. The number of nitrogens with zero attached hydrogens (tertiary/aromatic N) is 4. The van der Waals surface area contributed by atoms with Crippen LogP contribution in [0.3, 0.4) is 0 Å². The second-order valence-electron chi connectivity index (χ2n) is 8.07. The average Bonchev–Trinajstić information content (AvgIpc) is 3.30. The first-order valence-corrected chi connectivity index (χ1v) is 11.0. The average molecular weight is 450 g/mol. The molecule has 34 heavy (non-hydrogen) atoms. The Morgan fingerprint density at radius 3 is 2.09 bits per heavy atom. The van der Waals surface area contributed by atoms with Gasteiger partial charge in [-0.05, 0) is 30.2 Å². The molecule has 0 aliphatic rings. The van der Waals surface area contributed by atoms with Gasteiger partial charge in [-0.3, -0.25) is 19.6 Å². The quantitative estimate of drug-likeness (QED) is 0.422. The summed E-state index contributed by atoms with van der Waals surface area (Å²) in [5.41, 5.74) is 3.47. The van der Waals surface area contributed by atoms with E-state index in [0.717, 1.165) is 11.1 Å². The number of hydrogen-bond acceptors (Lipinski definition) is 4. The summed E-state index contributed by atoms with van der Waals surface area (Å²) in [5.74, 6) is 0.268. The van der Waals surface area contributed by atoms with Gasteiger partial charge in [0.1, 0.15) is 0 Å². The highest BCUT2D eigenvalue weighted by Gasteiger charge is 2.23. The van der Waals surface area contributed by atoms with E-state index in [0.29, 0.717) is 29.8 Å². The van der Waals surface area contributed by atoms with Crippen LogP contribution in [0.1, 0.15) is 32.7 Å². The van der Waals surface area contributed by atoms with E-state index in [1.807, 2.05) is 85.8 Å². The van der Waals surface area contributed by atoms with Crippen LogP contribution in [-0.4, -0.2) is 25.5 Å². The van der Waals surface area contributed by atoms with Crippen molar-refractivity contribution in [1.82, 2.24) is 19.6 Å². The maximum Gasteiger partial charge on any atom is 0.277 e. The number of fused-ring (bicyclic) bond motifs is 1.